The van der Waals surface area contributed by atoms with Gasteiger partial charge in [0.15, 0.2) is 5.69 Å². The number of nitrogen functional groups attached to an aromatic ring is 1. The Kier molecular flexibility index (Phi) is 3.66. The smallest absolute Gasteiger partial charge is 0.359 e. The number of rotatable bonds is 2. The predicted octanol–water partition coefficient (Wildman–Crippen LogP) is 1.88. The molecule has 17 heavy (non-hydrogen) atoms. The second-order valence-electron chi connectivity index (χ2n) is 4.59. The summed E-state index contributed by atoms with van der Waals surface area (Å²) in [6.45, 7) is 0. The van der Waals surface area contributed by atoms with Crippen molar-refractivity contribution in [1.82, 2.24) is 9.78 Å². The monoisotopic (exact) mass is 237 g/mol. The molecule has 1 aliphatic rings. The Morgan fingerprint density at radius 3 is 2.59 bits per heavy atom. The summed E-state index contributed by atoms with van der Waals surface area (Å²) in [4.78, 5) is 12.0. The minimum atomic E-state index is -0.352. The normalized spacial score (nSPS) is 17.7. The van der Waals surface area contributed by atoms with E-state index in [0.717, 1.165) is 25.7 Å². The molecule has 0 radical (unpaired) electrons. The minimum absolute atomic E-state index is 0.0410. The third-order valence-electron chi connectivity index (χ3n) is 3.24. The van der Waals surface area contributed by atoms with Crippen LogP contribution in [-0.4, -0.2) is 21.9 Å². The summed E-state index contributed by atoms with van der Waals surface area (Å²) in [6.07, 6.45) is 8.19. The van der Waals surface area contributed by atoms with Gasteiger partial charge in [0.1, 0.15) is 6.10 Å². The number of carbonyl (C=O) groups is 1. The van der Waals surface area contributed by atoms with Crippen molar-refractivity contribution in [2.75, 3.05) is 5.73 Å². The van der Waals surface area contributed by atoms with Crippen LogP contribution in [-0.2, 0) is 11.8 Å². The number of aromatic nitrogens is 2. The number of nitrogens with two attached hydrogens (primary N) is 1. The average Bonchev–Trinajstić information content (AvgIpc) is 2.53. The van der Waals surface area contributed by atoms with Gasteiger partial charge in [0.05, 0.1) is 11.9 Å². The fraction of sp³-hybridized carbons (Fsp3) is 0.667. The molecule has 5 heteroatoms. The predicted molar refractivity (Wildman–Crippen MR) is 64.5 cm³/mol. The van der Waals surface area contributed by atoms with Crippen LogP contribution in [0.1, 0.15) is 49.0 Å². The maximum Gasteiger partial charge on any atom is 0.359 e. The first-order valence-electron chi connectivity index (χ1n) is 6.17. The fourth-order valence-electron chi connectivity index (χ4n) is 2.27. The molecule has 1 aromatic heterocycles. The lowest BCUT2D eigenvalue weighted by Gasteiger charge is -2.15. The lowest BCUT2D eigenvalue weighted by molar-refractivity contribution is 0.0256. The quantitative estimate of drug-likeness (QED) is 0.629. The van der Waals surface area contributed by atoms with Crippen LogP contribution in [0.15, 0.2) is 6.20 Å². The van der Waals surface area contributed by atoms with Crippen LogP contribution < -0.4 is 5.73 Å². The van der Waals surface area contributed by atoms with Gasteiger partial charge in [-0.15, -0.1) is 0 Å². The molecule has 1 fully saturated rings. The number of hydrogen-bond donors (Lipinski definition) is 1. The molecular weight excluding hydrogens is 218 g/mol. The molecule has 1 saturated carbocycles. The number of nitrogens with zero attached hydrogens (tertiary/aromatic N) is 2. The molecule has 0 aliphatic heterocycles. The van der Waals surface area contributed by atoms with Crippen LogP contribution in [0.25, 0.3) is 0 Å². The van der Waals surface area contributed by atoms with Crippen LogP contribution >= 0.6 is 0 Å². The first kappa shape index (κ1) is 12.0. The van der Waals surface area contributed by atoms with Gasteiger partial charge in [0, 0.05) is 7.05 Å². The summed E-state index contributed by atoms with van der Waals surface area (Å²) >= 11 is 0. The summed E-state index contributed by atoms with van der Waals surface area (Å²) in [5, 5.41) is 3.94. The number of carbonyl (C=O) groups excluding carboxylic acids is 1. The van der Waals surface area contributed by atoms with E-state index >= 15 is 0 Å². The largest absolute Gasteiger partial charge is 0.458 e. The summed E-state index contributed by atoms with van der Waals surface area (Å²) in [6, 6.07) is 0. The molecule has 1 heterocycles. The second-order valence-corrected chi connectivity index (χ2v) is 4.59. The van der Waals surface area contributed by atoms with Crippen LogP contribution in [0.2, 0.25) is 0 Å². The summed E-state index contributed by atoms with van der Waals surface area (Å²) in [5.41, 5.74) is 6.43. The molecule has 0 bridgehead atoms. The van der Waals surface area contributed by atoms with Crippen LogP contribution in [0.3, 0.4) is 0 Å². The number of anilines is 1. The zero-order valence-corrected chi connectivity index (χ0v) is 10.2. The highest BCUT2D eigenvalue weighted by molar-refractivity contribution is 5.93. The summed E-state index contributed by atoms with van der Waals surface area (Å²) in [7, 11) is 1.69. The van der Waals surface area contributed by atoms with Gasteiger partial charge >= 0.3 is 5.97 Å². The summed E-state index contributed by atoms with van der Waals surface area (Å²) in [5.74, 6) is -0.352. The van der Waals surface area contributed by atoms with E-state index in [1.165, 1.54) is 23.7 Å². The molecule has 0 spiro atoms. The van der Waals surface area contributed by atoms with E-state index in [4.69, 9.17) is 10.5 Å². The summed E-state index contributed by atoms with van der Waals surface area (Å²) < 4.78 is 6.96. The molecular formula is C12H19N3O2. The number of ether oxygens (including phenoxy) is 1. The van der Waals surface area contributed by atoms with E-state index in [1.807, 2.05) is 0 Å². The molecule has 1 aromatic rings. The highest BCUT2D eigenvalue weighted by atomic mass is 16.5. The first-order valence-corrected chi connectivity index (χ1v) is 6.17. The van der Waals surface area contributed by atoms with Gasteiger partial charge in [-0.2, -0.15) is 5.10 Å². The number of aryl methyl sites for hydroxylation is 1. The van der Waals surface area contributed by atoms with E-state index in [9.17, 15) is 4.79 Å². The molecule has 1 aliphatic carbocycles. The third kappa shape index (κ3) is 2.78. The van der Waals surface area contributed by atoms with Crippen molar-refractivity contribution in [3.63, 3.8) is 0 Å². The maximum atomic E-state index is 12.0. The molecule has 0 amide bonds. The van der Waals surface area contributed by atoms with Crippen molar-refractivity contribution in [3.8, 4) is 0 Å². The molecule has 0 unspecified atom stereocenters. The van der Waals surface area contributed by atoms with Gasteiger partial charge in [-0.05, 0) is 25.7 Å². The van der Waals surface area contributed by atoms with Crippen LogP contribution in [0.4, 0.5) is 5.69 Å². The average molecular weight is 237 g/mol. The van der Waals surface area contributed by atoms with Gasteiger partial charge in [0.2, 0.25) is 0 Å². The van der Waals surface area contributed by atoms with Crippen molar-refractivity contribution >= 4 is 11.7 Å². The number of hydrogen-bond acceptors (Lipinski definition) is 4. The topological polar surface area (TPSA) is 70.1 Å². The van der Waals surface area contributed by atoms with Crippen molar-refractivity contribution in [1.29, 1.82) is 0 Å². The maximum absolute atomic E-state index is 12.0. The molecule has 5 nitrogen and oxygen atoms in total. The van der Waals surface area contributed by atoms with E-state index in [0.29, 0.717) is 11.4 Å². The third-order valence-corrected chi connectivity index (χ3v) is 3.24. The van der Waals surface area contributed by atoms with Crippen molar-refractivity contribution in [3.05, 3.63) is 11.9 Å². The van der Waals surface area contributed by atoms with Gasteiger partial charge in [-0.25, -0.2) is 4.79 Å². The van der Waals surface area contributed by atoms with Crippen molar-refractivity contribution < 1.29 is 9.53 Å². The van der Waals surface area contributed by atoms with E-state index in [-0.39, 0.29) is 12.1 Å². The Morgan fingerprint density at radius 2 is 2.06 bits per heavy atom. The van der Waals surface area contributed by atoms with Gasteiger partial charge in [-0.3, -0.25) is 4.68 Å². The zero-order chi connectivity index (χ0) is 12.3. The number of esters is 1. The standard InChI is InChI=1S/C12H19N3O2/c1-15-11(10(13)8-14-15)12(16)17-9-6-4-2-3-5-7-9/h8-9H,2-7,13H2,1H3. The van der Waals surface area contributed by atoms with Crippen LogP contribution in [0.5, 0.6) is 0 Å². The van der Waals surface area contributed by atoms with Gasteiger partial charge in [-0.1, -0.05) is 12.8 Å². The van der Waals surface area contributed by atoms with E-state index in [2.05, 4.69) is 5.10 Å². The Labute approximate surface area is 101 Å². The molecule has 0 atom stereocenters. The Bertz CT molecular complexity index is 373. The van der Waals surface area contributed by atoms with Gasteiger partial charge in [0.25, 0.3) is 0 Å². The Morgan fingerprint density at radius 1 is 1.41 bits per heavy atom. The van der Waals surface area contributed by atoms with Crippen molar-refractivity contribution in [2.24, 2.45) is 7.05 Å². The highest BCUT2D eigenvalue weighted by Gasteiger charge is 2.21. The van der Waals surface area contributed by atoms with Crippen molar-refractivity contribution in [2.45, 2.75) is 44.6 Å². The zero-order valence-electron chi connectivity index (χ0n) is 10.2. The second kappa shape index (κ2) is 5.21. The minimum Gasteiger partial charge on any atom is -0.458 e. The molecule has 0 saturated heterocycles. The van der Waals surface area contributed by atoms with E-state index < -0.39 is 0 Å². The Balaban J connectivity index is 2.01. The molecule has 94 valence electrons. The van der Waals surface area contributed by atoms with Crippen LogP contribution in [0, 0.1) is 0 Å². The Hall–Kier alpha value is -1.52. The molecule has 2 rings (SSSR count). The first-order chi connectivity index (χ1) is 8.18. The van der Waals surface area contributed by atoms with E-state index in [1.54, 1.807) is 7.05 Å². The molecule has 0 aromatic carbocycles. The lowest BCUT2D eigenvalue weighted by Crippen LogP contribution is -2.20. The SMILES string of the molecule is Cn1ncc(N)c1C(=O)OC1CCCCCC1. The molecule has 2 N–H and O–H groups in total. The lowest BCUT2D eigenvalue weighted by atomic mass is 10.1. The van der Waals surface area contributed by atoms with Gasteiger partial charge < -0.3 is 10.5 Å². The fourth-order valence-corrected chi connectivity index (χ4v) is 2.27. The highest BCUT2D eigenvalue weighted by Crippen LogP contribution is 2.21.